The Hall–Kier alpha value is -1.62. The molecule has 18 heavy (non-hydrogen) atoms. The van der Waals surface area contributed by atoms with E-state index in [9.17, 15) is 4.79 Å². The minimum absolute atomic E-state index is 0.115. The third-order valence-corrected chi connectivity index (χ3v) is 3.14. The van der Waals surface area contributed by atoms with Crippen LogP contribution in [0.5, 0.6) is 0 Å². The van der Waals surface area contributed by atoms with E-state index in [2.05, 4.69) is 10.6 Å². The Kier molecular flexibility index (Phi) is 4.52. The maximum absolute atomic E-state index is 11.8. The van der Waals surface area contributed by atoms with E-state index < -0.39 is 0 Å². The number of likely N-dealkylation sites (tertiary alicyclic amines) is 1. The van der Waals surface area contributed by atoms with Gasteiger partial charge in [0.1, 0.15) is 0 Å². The molecule has 0 saturated carbocycles. The van der Waals surface area contributed by atoms with Gasteiger partial charge in [-0.2, -0.15) is 0 Å². The molecule has 1 aliphatic rings. The van der Waals surface area contributed by atoms with Gasteiger partial charge in [0.05, 0.1) is 6.54 Å². The van der Waals surface area contributed by atoms with Crippen molar-refractivity contribution >= 4 is 28.9 Å². The summed E-state index contributed by atoms with van der Waals surface area (Å²) in [4.78, 5) is 13.7. The molecule has 0 aliphatic carbocycles. The first-order valence-electron chi connectivity index (χ1n) is 6.13. The van der Waals surface area contributed by atoms with E-state index in [4.69, 9.17) is 12.2 Å². The minimum Gasteiger partial charge on any atom is -0.353 e. The molecule has 1 saturated heterocycles. The summed E-state index contributed by atoms with van der Waals surface area (Å²) >= 11 is 5.14. The zero-order chi connectivity index (χ0) is 12.8. The highest BCUT2D eigenvalue weighted by atomic mass is 32.1. The molecular weight excluding hydrogens is 246 g/mol. The van der Waals surface area contributed by atoms with Crippen molar-refractivity contribution in [1.82, 2.24) is 10.2 Å². The largest absolute Gasteiger partial charge is 0.353 e. The number of hydrogen-bond acceptors (Lipinski definition) is 2. The SMILES string of the molecule is O=C(CNC(=S)Nc1ccccc1)N1CCCC1. The number of amides is 1. The smallest absolute Gasteiger partial charge is 0.241 e. The summed E-state index contributed by atoms with van der Waals surface area (Å²) in [6.45, 7) is 2.01. The first-order chi connectivity index (χ1) is 8.75. The average Bonchev–Trinajstić information content (AvgIpc) is 2.91. The molecule has 0 unspecified atom stereocenters. The number of para-hydroxylation sites is 1. The standard InChI is InChI=1S/C13H17N3OS/c17-12(16-8-4-5-9-16)10-14-13(18)15-11-6-2-1-3-7-11/h1-3,6-7H,4-5,8-10H2,(H2,14,15,18). The highest BCUT2D eigenvalue weighted by Gasteiger charge is 2.17. The van der Waals surface area contributed by atoms with Crippen molar-refractivity contribution in [3.63, 3.8) is 0 Å². The number of hydrogen-bond donors (Lipinski definition) is 2. The van der Waals surface area contributed by atoms with Gasteiger partial charge in [-0.3, -0.25) is 4.79 Å². The van der Waals surface area contributed by atoms with Crippen LogP contribution >= 0.6 is 12.2 Å². The second-order valence-corrected chi connectivity index (χ2v) is 4.67. The van der Waals surface area contributed by atoms with Crippen LogP contribution < -0.4 is 10.6 Å². The fourth-order valence-electron chi connectivity index (χ4n) is 1.93. The van der Waals surface area contributed by atoms with Gasteiger partial charge in [-0.25, -0.2) is 0 Å². The maximum atomic E-state index is 11.8. The fraction of sp³-hybridized carbons (Fsp3) is 0.385. The summed E-state index contributed by atoms with van der Waals surface area (Å²) in [7, 11) is 0. The van der Waals surface area contributed by atoms with E-state index in [0.717, 1.165) is 31.6 Å². The summed E-state index contributed by atoms with van der Waals surface area (Å²) < 4.78 is 0. The Morgan fingerprint density at radius 2 is 1.89 bits per heavy atom. The number of nitrogens with zero attached hydrogens (tertiary/aromatic N) is 1. The Balaban J connectivity index is 1.73. The van der Waals surface area contributed by atoms with Gasteiger partial charge in [-0.1, -0.05) is 18.2 Å². The summed E-state index contributed by atoms with van der Waals surface area (Å²) in [6.07, 6.45) is 2.22. The van der Waals surface area contributed by atoms with Crippen molar-refractivity contribution in [2.75, 3.05) is 25.0 Å². The molecule has 0 atom stereocenters. The highest BCUT2D eigenvalue weighted by Crippen LogP contribution is 2.07. The first-order valence-corrected chi connectivity index (χ1v) is 6.54. The number of thiocarbonyl (C=S) groups is 1. The number of anilines is 1. The topological polar surface area (TPSA) is 44.4 Å². The summed E-state index contributed by atoms with van der Waals surface area (Å²) in [5, 5.41) is 6.45. The lowest BCUT2D eigenvalue weighted by Gasteiger charge is -2.16. The predicted octanol–water partition coefficient (Wildman–Crippen LogP) is 1.60. The fourth-order valence-corrected chi connectivity index (χ4v) is 2.12. The maximum Gasteiger partial charge on any atom is 0.241 e. The van der Waals surface area contributed by atoms with Gasteiger partial charge in [-0.05, 0) is 37.2 Å². The predicted molar refractivity (Wildman–Crippen MR) is 76.5 cm³/mol. The number of carbonyl (C=O) groups excluding carboxylic acids is 1. The molecule has 5 heteroatoms. The number of benzene rings is 1. The third kappa shape index (κ3) is 3.70. The average molecular weight is 263 g/mol. The van der Waals surface area contributed by atoms with Crippen molar-refractivity contribution in [3.05, 3.63) is 30.3 Å². The number of carbonyl (C=O) groups is 1. The summed E-state index contributed by atoms with van der Waals surface area (Å²) in [5.74, 6) is 0.115. The van der Waals surface area contributed by atoms with E-state index in [1.54, 1.807) is 0 Å². The Bertz CT molecular complexity index is 416. The van der Waals surface area contributed by atoms with Gasteiger partial charge in [0.25, 0.3) is 0 Å². The molecule has 1 heterocycles. The monoisotopic (exact) mass is 263 g/mol. The molecule has 1 aromatic rings. The van der Waals surface area contributed by atoms with E-state index in [1.807, 2.05) is 35.2 Å². The summed E-state index contributed by atoms with van der Waals surface area (Å²) in [5.41, 5.74) is 0.920. The summed E-state index contributed by atoms with van der Waals surface area (Å²) in [6, 6.07) is 9.66. The van der Waals surface area contributed by atoms with Gasteiger partial charge >= 0.3 is 0 Å². The molecule has 1 amide bonds. The van der Waals surface area contributed by atoms with E-state index in [1.165, 1.54) is 0 Å². The second-order valence-electron chi connectivity index (χ2n) is 4.26. The Morgan fingerprint density at radius 1 is 1.22 bits per heavy atom. The molecule has 4 nitrogen and oxygen atoms in total. The van der Waals surface area contributed by atoms with Crippen LogP contribution in [0, 0.1) is 0 Å². The number of rotatable bonds is 3. The molecule has 96 valence electrons. The lowest BCUT2D eigenvalue weighted by atomic mass is 10.3. The highest BCUT2D eigenvalue weighted by molar-refractivity contribution is 7.80. The van der Waals surface area contributed by atoms with Crippen molar-refractivity contribution in [3.8, 4) is 0 Å². The van der Waals surface area contributed by atoms with Crippen molar-refractivity contribution in [1.29, 1.82) is 0 Å². The van der Waals surface area contributed by atoms with Gasteiger partial charge in [0.15, 0.2) is 5.11 Å². The van der Waals surface area contributed by atoms with Crippen molar-refractivity contribution < 1.29 is 4.79 Å². The zero-order valence-corrected chi connectivity index (χ0v) is 11.0. The van der Waals surface area contributed by atoms with Gasteiger partial charge in [0, 0.05) is 18.8 Å². The minimum atomic E-state index is 0.115. The van der Waals surface area contributed by atoms with Crippen LogP contribution in [-0.4, -0.2) is 35.6 Å². The number of nitrogens with one attached hydrogen (secondary N) is 2. The molecule has 2 rings (SSSR count). The van der Waals surface area contributed by atoms with Crippen LogP contribution in [0.2, 0.25) is 0 Å². The zero-order valence-electron chi connectivity index (χ0n) is 10.2. The third-order valence-electron chi connectivity index (χ3n) is 2.89. The molecule has 1 fully saturated rings. The molecular formula is C13H17N3OS. The van der Waals surface area contributed by atoms with Crippen LogP contribution in [0.3, 0.4) is 0 Å². The van der Waals surface area contributed by atoms with E-state index in [0.29, 0.717) is 5.11 Å². The Morgan fingerprint density at radius 3 is 2.56 bits per heavy atom. The molecule has 0 spiro atoms. The van der Waals surface area contributed by atoms with Gasteiger partial charge in [-0.15, -0.1) is 0 Å². The van der Waals surface area contributed by atoms with Crippen LogP contribution in [-0.2, 0) is 4.79 Å². The quantitative estimate of drug-likeness (QED) is 0.813. The molecule has 0 bridgehead atoms. The molecule has 1 aromatic carbocycles. The normalized spacial score (nSPS) is 14.3. The lowest BCUT2D eigenvalue weighted by Crippen LogP contribution is -2.40. The van der Waals surface area contributed by atoms with Crippen molar-refractivity contribution in [2.24, 2.45) is 0 Å². The van der Waals surface area contributed by atoms with Crippen LogP contribution in [0.15, 0.2) is 30.3 Å². The second kappa shape index (κ2) is 6.35. The lowest BCUT2D eigenvalue weighted by molar-refractivity contribution is -0.128. The van der Waals surface area contributed by atoms with Crippen LogP contribution in [0.1, 0.15) is 12.8 Å². The Labute approximate surface area is 112 Å². The van der Waals surface area contributed by atoms with E-state index >= 15 is 0 Å². The van der Waals surface area contributed by atoms with Gasteiger partial charge < -0.3 is 15.5 Å². The van der Waals surface area contributed by atoms with Crippen LogP contribution in [0.4, 0.5) is 5.69 Å². The molecule has 2 N–H and O–H groups in total. The first kappa shape index (κ1) is 12.8. The molecule has 0 radical (unpaired) electrons. The van der Waals surface area contributed by atoms with Crippen LogP contribution in [0.25, 0.3) is 0 Å². The van der Waals surface area contributed by atoms with Crippen molar-refractivity contribution in [2.45, 2.75) is 12.8 Å². The van der Waals surface area contributed by atoms with Gasteiger partial charge in [0.2, 0.25) is 5.91 Å². The van der Waals surface area contributed by atoms with E-state index in [-0.39, 0.29) is 12.5 Å². The molecule has 0 aromatic heterocycles. The molecule has 1 aliphatic heterocycles.